The van der Waals surface area contributed by atoms with Gasteiger partial charge in [-0.1, -0.05) is 6.58 Å². The summed E-state index contributed by atoms with van der Waals surface area (Å²) in [4.78, 5) is 9.25. The predicted octanol–water partition coefficient (Wildman–Crippen LogP) is 3.61. The first-order valence-electron chi connectivity index (χ1n) is 11.0. The molecule has 7 heteroatoms. The van der Waals surface area contributed by atoms with Crippen molar-refractivity contribution in [1.82, 2.24) is 19.7 Å². The Morgan fingerprint density at radius 1 is 1.23 bits per heavy atom. The van der Waals surface area contributed by atoms with Crippen LogP contribution in [0.25, 0.3) is 0 Å². The van der Waals surface area contributed by atoms with Crippen molar-refractivity contribution in [1.29, 1.82) is 0 Å². The van der Waals surface area contributed by atoms with E-state index in [2.05, 4.69) is 39.0 Å². The first kappa shape index (κ1) is 19.4. The Kier molecular flexibility index (Phi) is 5.15. The molecule has 0 amide bonds. The molecular formula is C23H31N5O2. The molecule has 0 unspecified atom stereocenters. The molecule has 30 heavy (non-hydrogen) atoms. The van der Waals surface area contributed by atoms with Crippen LogP contribution in [0.1, 0.15) is 49.0 Å². The Bertz CT molecular complexity index is 947. The monoisotopic (exact) mass is 409 g/mol. The number of allylic oxidation sites excluding steroid dienone is 1. The lowest BCUT2D eigenvalue weighted by Crippen LogP contribution is -2.32. The van der Waals surface area contributed by atoms with E-state index < -0.39 is 0 Å². The molecule has 5 rings (SSSR count). The van der Waals surface area contributed by atoms with Gasteiger partial charge < -0.3 is 19.3 Å². The molecule has 2 aromatic heterocycles. The molecule has 7 nitrogen and oxygen atoms in total. The minimum absolute atomic E-state index is 0.427. The van der Waals surface area contributed by atoms with Crippen LogP contribution < -0.4 is 9.64 Å². The molecule has 0 aromatic carbocycles. The van der Waals surface area contributed by atoms with Crippen molar-refractivity contribution < 1.29 is 9.47 Å². The van der Waals surface area contributed by atoms with Crippen LogP contribution in [0.3, 0.4) is 0 Å². The zero-order chi connectivity index (χ0) is 20.7. The lowest BCUT2D eigenvalue weighted by atomic mass is 10.0. The molecule has 160 valence electrons. The summed E-state index contributed by atoms with van der Waals surface area (Å²) in [6.45, 7) is 10.8. The quantitative estimate of drug-likeness (QED) is 0.769. The Labute approximate surface area is 178 Å². The van der Waals surface area contributed by atoms with Crippen molar-refractivity contribution in [3.05, 3.63) is 41.4 Å². The largest absolute Gasteiger partial charge is 0.481 e. The Morgan fingerprint density at radius 2 is 2.07 bits per heavy atom. The average molecular weight is 410 g/mol. The fraction of sp³-hybridized carbons (Fsp3) is 0.565. The molecule has 2 aromatic rings. The summed E-state index contributed by atoms with van der Waals surface area (Å²) in [6, 6.07) is 2.50. The second kappa shape index (κ2) is 7.95. The molecular weight excluding hydrogens is 378 g/mol. The zero-order valence-corrected chi connectivity index (χ0v) is 18.1. The van der Waals surface area contributed by atoms with Crippen molar-refractivity contribution in [2.24, 2.45) is 0 Å². The standard InChI is InChI=1S/C23H31N5O2/c1-16(2)26-10-6-20-19(15-26)23(25-28(20)18-7-11-30-12-8-18)27-9-4-5-17-13-22(29-3)24-14-21(17)27/h13-14,18H,1,4-12,15H2,2-3H3. The molecule has 0 atom stereocenters. The number of anilines is 2. The predicted molar refractivity (Wildman–Crippen MR) is 116 cm³/mol. The summed E-state index contributed by atoms with van der Waals surface area (Å²) in [5.41, 5.74) is 6.31. The van der Waals surface area contributed by atoms with Crippen LogP contribution in [0.4, 0.5) is 11.5 Å². The van der Waals surface area contributed by atoms with Crippen LogP contribution in [-0.4, -0.2) is 53.1 Å². The van der Waals surface area contributed by atoms with E-state index in [0.717, 1.165) is 82.2 Å². The normalized spacial score (nSPS) is 19.4. The number of aromatic nitrogens is 3. The van der Waals surface area contributed by atoms with E-state index in [9.17, 15) is 0 Å². The van der Waals surface area contributed by atoms with Gasteiger partial charge in [0.1, 0.15) is 0 Å². The molecule has 1 saturated heterocycles. The number of methoxy groups -OCH3 is 1. The highest BCUT2D eigenvalue weighted by atomic mass is 16.5. The summed E-state index contributed by atoms with van der Waals surface area (Å²) in [7, 11) is 1.67. The second-order valence-electron chi connectivity index (χ2n) is 8.55. The van der Waals surface area contributed by atoms with Crippen LogP contribution >= 0.6 is 0 Å². The van der Waals surface area contributed by atoms with Gasteiger partial charge in [-0.05, 0) is 38.2 Å². The maximum Gasteiger partial charge on any atom is 0.213 e. The fourth-order valence-electron chi connectivity index (χ4n) is 4.99. The van der Waals surface area contributed by atoms with Crippen LogP contribution in [0, 0.1) is 0 Å². The van der Waals surface area contributed by atoms with E-state index in [1.807, 2.05) is 6.20 Å². The lowest BCUT2D eigenvalue weighted by molar-refractivity contribution is 0.0651. The maximum absolute atomic E-state index is 5.61. The molecule has 0 spiro atoms. The van der Waals surface area contributed by atoms with E-state index in [1.165, 1.54) is 16.8 Å². The summed E-state index contributed by atoms with van der Waals surface area (Å²) < 4.78 is 13.3. The molecule has 0 saturated carbocycles. The second-order valence-corrected chi connectivity index (χ2v) is 8.55. The van der Waals surface area contributed by atoms with E-state index in [-0.39, 0.29) is 0 Å². The van der Waals surface area contributed by atoms with Crippen molar-refractivity contribution in [2.45, 2.75) is 51.6 Å². The molecule has 0 N–H and O–H groups in total. The van der Waals surface area contributed by atoms with Gasteiger partial charge >= 0.3 is 0 Å². The highest BCUT2D eigenvalue weighted by Gasteiger charge is 2.32. The Morgan fingerprint density at radius 3 is 2.83 bits per heavy atom. The van der Waals surface area contributed by atoms with Crippen LogP contribution in [0.2, 0.25) is 0 Å². The smallest absolute Gasteiger partial charge is 0.213 e. The number of aryl methyl sites for hydroxylation is 1. The van der Waals surface area contributed by atoms with E-state index in [0.29, 0.717) is 11.9 Å². The van der Waals surface area contributed by atoms with Crippen LogP contribution in [0.5, 0.6) is 5.88 Å². The zero-order valence-electron chi connectivity index (χ0n) is 18.1. The number of hydrogen-bond acceptors (Lipinski definition) is 6. The molecule has 3 aliphatic rings. The average Bonchev–Trinajstić information content (AvgIpc) is 3.17. The van der Waals surface area contributed by atoms with Gasteiger partial charge in [0.2, 0.25) is 5.88 Å². The van der Waals surface area contributed by atoms with Crippen LogP contribution in [0.15, 0.2) is 24.5 Å². The SMILES string of the molecule is C=C(C)N1CCc2c(c(N3CCCc4cc(OC)ncc43)nn2C2CCOCC2)C1. The number of fused-ring (bicyclic) bond motifs is 2. The van der Waals surface area contributed by atoms with Gasteiger partial charge in [0, 0.05) is 62.3 Å². The number of rotatable bonds is 4. The van der Waals surface area contributed by atoms with Crippen LogP contribution in [-0.2, 0) is 24.1 Å². The van der Waals surface area contributed by atoms with Gasteiger partial charge in [-0.15, -0.1) is 0 Å². The number of hydrogen-bond donors (Lipinski definition) is 0. The van der Waals surface area contributed by atoms with Gasteiger partial charge in [0.05, 0.1) is 25.0 Å². The lowest BCUT2D eigenvalue weighted by Gasteiger charge is -2.33. The molecule has 3 aliphatic heterocycles. The van der Waals surface area contributed by atoms with Crippen molar-refractivity contribution >= 4 is 11.5 Å². The highest BCUT2D eigenvalue weighted by Crippen LogP contribution is 2.40. The number of pyridine rings is 1. The summed E-state index contributed by atoms with van der Waals surface area (Å²) >= 11 is 0. The topological polar surface area (TPSA) is 55.7 Å². The summed E-state index contributed by atoms with van der Waals surface area (Å²) in [6.07, 6.45) is 7.18. The van der Waals surface area contributed by atoms with Crippen molar-refractivity contribution in [2.75, 3.05) is 38.3 Å². The molecule has 0 radical (unpaired) electrons. The number of ether oxygens (including phenoxy) is 2. The number of nitrogens with zero attached hydrogens (tertiary/aromatic N) is 5. The van der Waals surface area contributed by atoms with Crippen molar-refractivity contribution in [3.63, 3.8) is 0 Å². The molecule has 0 bridgehead atoms. The fourth-order valence-corrected chi connectivity index (χ4v) is 4.99. The van der Waals surface area contributed by atoms with Gasteiger partial charge in [-0.25, -0.2) is 4.98 Å². The Balaban J connectivity index is 1.58. The Hall–Kier alpha value is -2.54. The highest BCUT2D eigenvalue weighted by molar-refractivity contribution is 5.68. The van der Waals surface area contributed by atoms with Crippen molar-refractivity contribution in [3.8, 4) is 5.88 Å². The third-order valence-electron chi connectivity index (χ3n) is 6.67. The minimum Gasteiger partial charge on any atom is -0.481 e. The third kappa shape index (κ3) is 3.35. The van der Waals surface area contributed by atoms with Gasteiger partial charge in [0.15, 0.2) is 5.82 Å². The van der Waals surface area contributed by atoms with E-state index in [1.54, 1.807) is 7.11 Å². The van der Waals surface area contributed by atoms with Gasteiger partial charge in [0.25, 0.3) is 0 Å². The van der Waals surface area contributed by atoms with Gasteiger partial charge in [-0.3, -0.25) is 4.68 Å². The summed E-state index contributed by atoms with van der Waals surface area (Å²) in [5.74, 6) is 1.77. The molecule has 1 fully saturated rings. The molecule has 0 aliphatic carbocycles. The minimum atomic E-state index is 0.427. The van der Waals surface area contributed by atoms with E-state index in [4.69, 9.17) is 14.6 Å². The molecule has 5 heterocycles. The maximum atomic E-state index is 5.61. The van der Waals surface area contributed by atoms with Gasteiger partial charge in [-0.2, -0.15) is 5.10 Å². The first-order chi connectivity index (χ1) is 14.7. The summed E-state index contributed by atoms with van der Waals surface area (Å²) in [5, 5.41) is 5.25. The third-order valence-corrected chi connectivity index (χ3v) is 6.67. The van der Waals surface area contributed by atoms with E-state index >= 15 is 0 Å². The first-order valence-corrected chi connectivity index (χ1v) is 11.0.